The van der Waals surface area contributed by atoms with Crippen LogP contribution in [0.1, 0.15) is 25.2 Å². The molecular formula is C45H43N8O7P. The third-order valence-electron chi connectivity index (χ3n) is 8.33. The molecule has 8 aromatic rings. The Hall–Kier alpha value is -7.99. The van der Waals surface area contributed by atoms with Gasteiger partial charge in [0.05, 0.1) is 42.2 Å². The molecule has 0 atom stereocenters. The van der Waals surface area contributed by atoms with Crippen LogP contribution in [0, 0.1) is 0 Å². The second-order valence-corrected chi connectivity index (χ2v) is 13.6. The molecule has 0 amide bonds. The van der Waals surface area contributed by atoms with Crippen LogP contribution in [0.4, 0.5) is 5.69 Å². The van der Waals surface area contributed by atoms with Gasteiger partial charge >= 0.3 is 13.7 Å². The molecule has 0 saturated carbocycles. The highest BCUT2D eigenvalue weighted by Crippen LogP contribution is 2.50. The Morgan fingerprint density at radius 2 is 1.10 bits per heavy atom. The highest BCUT2D eigenvalue weighted by atomic mass is 31.2. The number of carboxylic acids is 1. The second-order valence-electron chi connectivity index (χ2n) is 12.2. The van der Waals surface area contributed by atoms with E-state index in [9.17, 15) is 14.5 Å². The lowest BCUT2D eigenvalue weighted by Crippen LogP contribution is -2.00. The number of benzene rings is 4. The van der Waals surface area contributed by atoms with Crippen molar-refractivity contribution in [2.24, 2.45) is 4.88 Å². The smallest absolute Gasteiger partial charge is 0.497 e. The van der Waals surface area contributed by atoms with E-state index in [1.165, 1.54) is 6.20 Å². The molecule has 4 heterocycles. The SMILES string of the molecule is C.C.COc1ccc(-c2cc(C(=O)O)c3cnccc3n2)cc1.COc1ccc(-c2cc(N)c3cnccc3n2)cc1.[N-]=[N+]=NP(=O)(Oc1ccccc1)Oc1ccccc1. The molecule has 0 spiro atoms. The lowest BCUT2D eigenvalue weighted by molar-refractivity contribution is 0.0699. The van der Waals surface area contributed by atoms with Gasteiger partial charge in [-0.15, -0.1) is 0 Å². The number of rotatable bonds is 10. The average molecular weight is 839 g/mol. The van der Waals surface area contributed by atoms with Crippen molar-refractivity contribution in [1.29, 1.82) is 0 Å². The summed E-state index contributed by atoms with van der Waals surface area (Å²) in [5.74, 6) is 1.16. The maximum absolute atomic E-state index is 12.3. The summed E-state index contributed by atoms with van der Waals surface area (Å²) < 4.78 is 32.9. The van der Waals surface area contributed by atoms with Crippen molar-refractivity contribution < 1.29 is 33.0 Å². The van der Waals surface area contributed by atoms with Gasteiger partial charge in [0.2, 0.25) is 0 Å². The quantitative estimate of drug-likeness (QED) is 0.0569. The molecule has 0 aliphatic heterocycles. The van der Waals surface area contributed by atoms with Gasteiger partial charge < -0.3 is 29.4 Å². The summed E-state index contributed by atoms with van der Waals surface area (Å²) in [6, 6.07) is 38.8. The van der Waals surface area contributed by atoms with E-state index < -0.39 is 13.7 Å². The Morgan fingerprint density at radius 3 is 1.54 bits per heavy atom. The van der Waals surface area contributed by atoms with Gasteiger partial charge in [-0.25, -0.2) is 19.3 Å². The Bertz CT molecular complexity index is 2730. The Morgan fingerprint density at radius 1 is 0.656 bits per heavy atom. The van der Waals surface area contributed by atoms with Crippen LogP contribution in [0.25, 0.3) is 54.8 Å². The molecule has 0 unspecified atom stereocenters. The predicted octanol–water partition coefficient (Wildman–Crippen LogP) is 11.7. The fourth-order valence-electron chi connectivity index (χ4n) is 5.49. The van der Waals surface area contributed by atoms with Crippen molar-refractivity contribution >= 4 is 41.2 Å². The first-order chi connectivity index (χ1) is 28.7. The first-order valence-electron chi connectivity index (χ1n) is 17.6. The van der Waals surface area contributed by atoms with Crippen LogP contribution in [-0.4, -0.2) is 45.2 Å². The zero-order chi connectivity index (χ0) is 41.6. The number of carboxylic acid groups (broad SMARTS) is 1. The van der Waals surface area contributed by atoms with E-state index in [1.807, 2.05) is 60.7 Å². The van der Waals surface area contributed by atoms with Crippen LogP contribution in [0.2, 0.25) is 0 Å². The van der Waals surface area contributed by atoms with Gasteiger partial charge in [-0.1, -0.05) is 51.3 Å². The molecule has 0 radical (unpaired) electrons. The van der Waals surface area contributed by atoms with Gasteiger partial charge in [-0.2, -0.15) is 0 Å². The molecule has 16 heteroatoms. The summed E-state index contributed by atoms with van der Waals surface area (Å²) in [6.07, 6.45) is 6.56. The van der Waals surface area contributed by atoms with Crippen molar-refractivity contribution in [3.05, 3.63) is 174 Å². The zero-order valence-electron chi connectivity index (χ0n) is 31.6. The van der Waals surface area contributed by atoms with Crippen molar-refractivity contribution in [3.8, 4) is 45.5 Å². The minimum Gasteiger partial charge on any atom is -0.497 e. The molecule has 4 aromatic heterocycles. The van der Waals surface area contributed by atoms with Crippen LogP contribution < -0.4 is 24.3 Å². The number of azide groups is 1. The third-order valence-corrected chi connectivity index (χ3v) is 9.51. The summed E-state index contributed by atoms with van der Waals surface area (Å²) in [6.45, 7) is 0. The molecule has 3 N–H and O–H groups in total. The summed E-state index contributed by atoms with van der Waals surface area (Å²) in [5.41, 5.74) is 20.2. The highest BCUT2D eigenvalue weighted by Gasteiger charge is 2.26. The number of ether oxygens (including phenoxy) is 2. The number of para-hydroxylation sites is 2. The fraction of sp³-hybridized carbons (Fsp3) is 0.0889. The van der Waals surface area contributed by atoms with E-state index in [0.717, 1.165) is 39.2 Å². The molecule has 4 aromatic carbocycles. The normalized spacial score (nSPS) is 10.1. The summed E-state index contributed by atoms with van der Waals surface area (Å²) >= 11 is 0. The van der Waals surface area contributed by atoms with Crippen LogP contribution in [0.3, 0.4) is 0 Å². The topological polar surface area (TPSA) is 218 Å². The number of fused-ring (bicyclic) bond motifs is 2. The van der Waals surface area contributed by atoms with E-state index in [1.54, 1.807) is 106 Å². The van der Waals surface area contributed by atoms with Crippen LogP contribution in [-0.2, 0) is 4.57 Å². The molecule has 61 heavy (non-hydrogen) atoms. The van der Waals surface area contributed by atoms with Gasteiger partial charge in [0.1, 0.15) is 23.0 Å². The Kier molecular flexibility index (Phi) is 16.2. The Labute approximate surface area is 352 Å². The largest absolute Gasteiger partial charge is 0.525 e. The molecule has 0 aliphatic carbocycles. The monoisotopic (exact) mass is 838 g/mol. The van der Waals surface area contributed by atoms with Crippen molar-refractivity contribution in [2.75, 3.05) is 20.0 Å². The minimum absolute atomic E-state index is 0. The first-order valence-corrected chi connectivity index (χ1v) is 19.1. The molecule has 0 saturated heterocycles. The number of carbonyl (C=O) groups is 1. The minimum atomic E-state index is -3.95. The number of nitrogens with zero attached hydrogens (tertiary/aromatic N) is 7. The number of anilines is 1. The molecule has 310 valence electrons. The number of nitrogens with two attached hydrogens (primary N) is 1. The molecule has 0 fully saturated rings. The van der Waals surface area contributed by atoms with Crippen LogP contribution in [0.5, 0.6) is 23.0 Å². The van der Waals surface area contributed by atoms with E-state index >= 15 is 0 Å². The molecular weight excluding hydrogens is 796 g/mol. The van der Waals surface area contributed by atoms with Crippen LogP contribution >= 0.6 is 7.75 Å². The highest BCUT2D eigenvalue weighted by molar-refractivity contribution is 7.53. The van der Waals surface area contributed by atoms with Gasteiger partial charge in [-0.05, 0) is 103 Å². The molecule has 15 nitrogen and oxygen atoms in total. The third kappa shape index (κ3) is 12.0. The lowest BCUT2D eigenvalue weighted by atomic mass is 10.1. The number of aromatic nitrogens is 4. The van der Waals surface area contributed by atoms with Crippen molar-refractivity contribution in [1.82, 2.24) is 19.9 Å². The number of pyridine rings is 4. The van der Waals surface area contributed by atoms with E-state index in [0.29, 0.717) is 33.8 Å². The number of nitrogen functional groups attached to an aromatic ring is 1. The average Bonchev–Trinajstić information content (AvgIpc) is 3.27. The first kappa shape index (κ1) is 45.7. The van der Waals surface area contributed by atoms with Crippen molar-refractivity contribution in [2.45, 2.75) is 14.9 Å². The number of hydrogen-bond acceptors (Lipinski definition) is 11. The maximum atomic E-state index is 12.3. The van der Waals surface area contributed by atoms with E-state index in [4.69, 9.17) is 29.8 Å². The van der Waals surface area contributed by atoms with Gasteiger partial charge in [0.15, 0.2) is 0 Å². The molecule has 0 aliphatic rings. The Balaban J connectivity index is 0.000000199. The predicted molar refractivity (Wildman–Crippen MR) is 239 cm³/mol. The standard InChI is InChI=1S/C16H12N2O3.C15H13N3O.C12H10N3O3P.2CH4/c1-21-11-4-2-10(3-5-11)15-8-12(16(19)20)13-9-17-7-6-14(13)18-15;1-19-11-4-2-10(3-5-11)15-8-13(16)12-9-17-7-6-14(12)18-15;13-14-15-19(16,17-11-7-3-1-4-8-11)18-12-9-5-2-6-10-12;;/h2-9H,1H3,(H,19,20);2-9H,1H3,(H2,16,18);1-10H;2*1H4. The lowest BCUT2D eigenvalue weighted by Gasteiger charge is -2.14. The molecule has 8 rings (SSSR count). The summed E-state index contributed by atoms with van der Waals surface area (Å²) in [5, 5.41) is 10.8. The number of aromatic carboxylic acids is 1. The van der Waals surface area contributed by atoms with Gasteiger partial charge in [-0.3, -0.25) is 9.97 Å². The van der Waals surface area contributed by atoms with Gasteiger partial charge in [0, 0.05) is 62.2 Å². The number of methoxy groups -OCH3 is 2. The number of hydrogen-bond donors (Lipinski definition) is 2. The van der Waals surface area contributed by atoms with E-state index in [2.05, 4.69) is 29.7 Å². The summed E-state index contributed by atoms with van der Waals surface area (Å²) in [4.78, 5) is 34.2. The fourth-order valence-corrected chi connectivity index (χ4v) is 6.48. The van der Waals surface area contributed by atoms with Gasteiger partial charge in [0.25, 0.3) is 0 Å². The zero-order valence-corrected chi connectivity index (χ0v) is 32.5. The van der Waals surface area contributed by atoms with E-state index in [-0.39, 0.29) is 20.4 Å². The van der Waals surface area contributed by atoms with Crippen molar-refractivity contribution in [3.63, 3.8) is 0 Å². The summed E-state index contributed by atoms with van der Waals surface area (Å²) in [7, 11) is -0.712. The molecule has 0 bridgehead atoms. The van der Waals surface area contributed by atoms with Crippen LogP contribution in [0.15, 0.2) is 163 Å². The maximum Gasteiger partial charge on any atom is 0.525 e. The second kappa shape index (κ2) is 21.7.